The molecule has 124 valence electrons. The van der Waals surface area contributed by atoms with Crippen molar-refractivity contribution in [3.05, 3.63) is 47.3 Å². The molecule has 0 spiro atoms. The summed E-state index contributed by atoms with van der Waals surface area (Å²) in [6, 6.07) is 9.08. The van der Waals surface area contributed by atoms with Crippen molar-refractivity contribution in [3.8, 4) is 0 Å². The molecule has 0 fully saturated rings. The van der Waals surface area contributed by atoms with Crippen LogP contribution in [0, 0.1) is 0 Å². The number of rotatable bonds is 4. The van der Waals surface area contributed by atoms with Crippen molar-refractivity contribution in [2.75, 3.05) is 18.8 Å². The van der Waals surface area contributed by atoms with Crippen LogP contribution in [0.4, 0.5) is 13.2 Å². The molecule has 0 saturated carbocycles. The van der Waals surface area contributed by atoms with Crippen molar-refractivity contribution < 1.29 is 17.4 Å². The Morgan fingerprint density at radius 2 is 2.00 bits per heavy atom. The van der Waals surface area contributed by atoms with Crippen LogP contribution in [0.2, 0.25) is 0 Å². The van der Waals surface area contributed by atoms with Crippen molar-refractivity contribution in [1.82, 2.24) is 15.1 Å². The van der Waals surface area contributed by atoms with Crippen LogP contribution in [-0.4, -0.2) is 38.1 Å². The Kier molecular flexibility index (Phi) is 4.54. The molecule has 1 aliphatic heterocycles. The van der Waals surface area contributed by atoms with Gasteiger partial charge in [-0.15, -0.1) is 0 Å². The van der Waals surface area contributed by atoms with Crippen LogP contribution in [0.25, 0.3) is 0 Å². The van der Waals surface area contributed by atoms with Gasteiger partial charge in [0.1, 0.15) is 0 Å². The van der Waals surface area contributed by atoms with E-state index in [2.05, 4.69) is 10.2 Å². The van der Waals surface area contributed by atoms with Crippen molar-refractivity contribution in [2.45, 2.75) is 24.0 Å². The van der Waals surface area contributed by atoms with Gasteiger partial charge in [-0.25, -0.2) is 0 Å². The number of alkyl halides is 3. The maximum absolute atomic E-state index is 12.9. The van der Waals surface area contributed by atoms with E-state index in [0.29, 0.717) is 31.0 Å². The first-order chi connectivity index (χ1) is 10.9. The fourth-order valence-corrected chi connectivity index (χ4v) is 3.80. The van der Waals surface area contributed by atoms with Gasteiger partial charge in [-0.2, -0.15) is 18.3 Å². The quantitative estimate of drug-likeness (QED) is 0.928. The molecule has 4 nitrogen and oxygen atoms in total. The molecule has 1 atom stereocenters. The van der Waals surface area contributed by atoms with E-state index in [4.69, 9.17) is 0 Å². The van der Waals surface area contributed by atoms with E-state index in [1.54, 1.807) is 12.1 Å². The Bertz CT molecular complexity index is 700. The summed E-state index contributed by atoms with van der Waals surface area (Å²) in [4.78, 5) is 2.64. The molecule has 0 aliphatic carbocycles. The zero-order chi connectivity index (χ0) is 16.4. The van der Waals surface area contributed by atoms with Gasteiger partial charge in [0.25, 0.3) is 0 Å². The number of H-pyrrole nitrogens is 1. The number of hydrogen-bond acceptors (Lipinski definition) is 3. The normalized spacial score (nSPS) is 17.0. The summed E-state index contributed by atoms with van der Waals surface area (Å²) in [5.41, 5.74) is -0.0617. The van der Waals surface area contributed by atoms with Crippen LogP contribution in [0.3, 0.4) is 0 Å². The fourth-order valence-electron chi connectivity index (χ4n) is 2.68. The van der Waals surface area contributed by atoms with E-state index in [-0.39, 0.29) is 12.1 Å². The highest BCUT2D eigenvalue weighted by Gasteiger charge is 2.39. The van der Waals surface area contributed by atoms with Crippen LogP contribution in [0.5, 0.6) is 0 Å². The molecule has 0 saturated heterocycles. The lowest BCUT2D eigenvalue weighted by Crippen LogP contribution is -2.34. The minimum Gasteiger partial charge on any atom is -0.298 e. The molecular formula is C15H16F3N3OS. The summed E-state index contributed by atoms with van der Waals surface area (Å²) in [5.74, 6) is 0.401. The van der Waals surface area contributed by atoms with Gasteiger partial charge in [0.2, 0.25) is 0 Å². The molecule has 1 aromatic carbocycles. The predicted octanol–water partition coefficient (Wildman–Crippen LogP) is 2.59. The fraction of sp³-hybridized carbons (Fsp3) is 0.400. The molecule has 8 heteroatoms. The molecule has 1 aromatic heterocycles. The SMILES string of the molecule is O=[S@@](CCN1CCc2[nH]nc(C(F)(F)F)c2C1)c1ccccc1. The largest absolute Gasteiger partial charge is 0.435 e. The first kappa shape index (κ1) is 16.2. The number of fused-ring (bicyclic) bond motifs is 1. The first-order valence-corrected chi connectivity index (χ1v) is 8.56. The molecule has 2 heterocycles. The van der Waals surface area contributed by atoms with Crippen LogP contribution in [-0.2, 0) is 29.9 Å². The number of aromatic nitrogens is 2. The Balaban J connectivity index is 1.64. The highest BCUT2D eigenvalue weighted by atomic mass is 32.2. The molecule has 0 radical (unpaired) electrons. The summed E-state index contributed by atoms with van der Waals surface area (Å²) in [5, 5.41) is 5.90. The highest BCUT2D eigenvalue weighted by Crippen LogP contribution is 2.33. The predicted molar refractivity (Wildman–Crippen MR) is 80.3 cm³/mol. The third-order valence-electron chi connectivity index (χ3n) is 3.88. The van der Waals surface area contributed by atoms with Gasteiger partial charge in [-0.05, 0) is 12.1 Å². The lowest BCUT2D eigenvalue weighted by Gasteiger charge is -2.26. The summed E-state index contributed by atoms with van der Waals surface area (Å²) in [6.45, 7) is 1.31. The molecule has 1 aliphatic rings. The maximum atomic E-state index is 12.9. The standard InChI is InChI=1S/C15H16F3N3OS/c16-15(17,18)14-12-10-21(7-6-13(12)19-20-14)8-9-23(22)11-4-2-1-3-5-11/h1-5H,6-10H2,(H,19,20)/t23-/m0/s1. The van der Waals surface area contributed by atoms with E-state index in [0.717, 1.165) is 4.90 Å². The lowest BCUT2D eigenvalue weighted by atomic mass is 10.1. The number of halogens is 3. The molecule has 3 rings (SSSR count). The third kappa shape index (κ3) is 3.64. The third-order valence-corrected chi connectivity index (χ3v) is 5.23. The number of benzene rings is 1. The summed E-state index contributed by atoms with van der Waals surface area (Å²) in [6.07, 6.45) is -3.95. The number of nitrogens with one attached hydrogen (secondary N) is 1. The number of hydrogen-bond donors (Lipinski definition) is 1. The zero-order valence-electron chi connectivity index (χ0n) is 12.3. The molecule has 0 amide bonds. The van der Waals surface area contributed by atoms with Crippen LogP contribution < -0.4 is 0 Å². The molecule has 1 N–H and O–H groups in total. The topological polar surface area (TPSA) is 49.0 Å². The second-order valence-corrected chi connectivity index (χ2v) is 6.99. The summed E-state index contributed by atoms with van der Waals surface area (Å²) >= 11 is 0. The highest BCUT2D eigenvalue weighted by molar-refractivity contribution is 7.85. The van der Waals surface area contributed by atoms with E-state index >= 15 is 0 Å². The summed E-state index contributed by atoms with van der Waals surface area (Å²) < 4.78 is 51.0. The second-order valence-electron chi connectivity index (χ2n) is 5.42. The van der Waals surface area contributed by atoms with E-state index < -0.39 is 22.7 Å². The van der Waals surface area contributed by atoms with Gasteiger partial charge >= 0.3 is 6.18 Å². The zero-order valence-corrected chi connectivity index (χ0v) is 13.1. The summed E-state index contributed by atoms with van der Waals surface area (Å²) in [7, 11) is -1.14. The number of nitrogens with zero attached hydrogens (tertiary/aromatic N) is 2. The molecule has 0 unspecified atom stereocenters. The molecule has 23 heavy (non-hydrogen) atoms. The van der Waals surface area contributed by atoms with E-state index in [1.165, 1.54) is 0 Å². The van der Waals surface area contributed by atoms with Crippen molar-refractivity contribution in [2.24, 2.45) is 0 Å². The van der Waals surface area contributed by atoms with Crippen LogP contribution >= 0.6 is 0 Å². The van der Waals surface area contributed by atoms with Crippen LogP contribution in [0.1, 0.15) is 17.0 Å². The van der Waals surface area contributed by atoms with Crippen molar-refractivity contribution >= 4 is 10.8 Å². The number of aromatic amines is 1. The maximum Gasteiger partial charge on any atom is 0.435 e. The minimum absolute atomic E-state index is 0.187. The first-order valence-electron chi connectivity index (χ1n) is 7.24. The average molecular weight is 343 g/mol. The van der Waals surface area contributed by atoms with Gasteiger partial charge in [-0.1, -0.05) is 18.2 Å². The lowest BCUT2D eigenvalue weighted by molar-refractivity contribution is -0.142. The average Bonchev–Trinajstić information content (AvgIpc) is 2.96. The smallest absolute Gasteiger partial charge is 0.298 e. The van der Waals surface area contributed by atoms with Gasteiger partial charge in [-0.3, -0.25) is 14.2 Å². The van der Waals surface area contributed by atoms with Crippen LogP contribution in [0.15, 0.2) is 35.2 Å². The van der Waals surface area contributed by atoms with Gasteiger partial charge in [0, 0.05) is 48.0 Å². The van der Waals surface area contributed by atoms with Gasteiger partial charge in [0.05, 0.1) is 10.8 Å². The van der Waals surface area contributed by atoms with Gasteiger partial charge < -0.3 is 0 Å². The monoisotopic (exact) mass is 343 g/mol. The Morgan fingerprint density at radius 3 is 2.70 bits per heavy atom. The van der Waals surface area contributed by atoms with Crippen molar-refractivity contribution in [1.29, 1.82) is 0 Å². The Labute approximate surface area is 134 Å². The molecule has 2 aromatic rings. The Hall–Kier alpha value is -1.67. The Morgan fingerprint density at radius 1 is 1.26 bits per heavy atom. The molecule has 0 bridgehead atoms. The van der Waals surface area contributed by atoms with E-state index in [9.17, 15) is 17.4 Å². The van der Waals surface area contributed by atoms with E-state index in [1.807, 2.05) is 23.1 Å². The van der Waals surface area contributed by atoms with Crippen molar-refractivity contribution in [3.63, 3.8) is 0 Å². The molecular weight excluding hydrogens is 327 g/mol. The second kappa shape index (κ2) is 6.45. The minimum atomic E-state index is -4.44. The van der Waals surface area contributed by atoms with Gasteiger partial charge in [0.15, 0.2) is 5.69 Å².